The summed E-state index contributed by atoms with van der Waals surface area (Å²) in [6, 6.07) is 2.50. The summed E-state index contributed by atoms with van der Waals surface area (Å²) >= 11 is 0. The minimum Gasteiger partial charge on any atom is -0.381 e. The highest BCUT2D eigenvalue weighted by Crippen LogP contribution is 2.40. The van der Waals surface area contributed by atoms with Gasteiger partial charge in [0.15, 0.2) is 5.82 Å². The van der Waals surface area contributed by atoms with Crippen LogP contribution in [0.25, 0.3) is 0 Å². The number of aromatic nitrogens is 2. The van der Waals surface area contributed by atoms with Crippen molar-refractivity contribution in [2.24, 2.45) is 5.92 Å². The second kappa shape index (κ2) is 5.91. The molecule has 1 aromatic heterocycles. The molecule has 4 rings (SSSR count). The van der Waals surface area contributed by atoms with Crippen molar-refractivity contribution in [3.63, 3.8) is 0 Å². The number of H-pyrrole nitrogens is 1. The van der Waals surface area contributed by atoms with Crippen LogP contribution in [0.4, 0.5) is 5.82 Å². The van der Waals surface area contributed by atoms with Crippen molar-refractivity contribution in [2.45, 2.75) is 44.1 Å². The lowest BCUT2D eigenvalue weighted by atomic mass is 10.0. The van der Waals surface area contributed by atoms with Crippen LogP contribution < -0.4 is 10.2 Å². The van der Waals surface area contributed by atoms with Crippen LogP contribution in [0.1, 0.15) is 43.7 Å². The van der Waals surface area contributed by atoms with Crippen LogP contribution in [-0.2, 0) is 9.53 Å². The highest BCUT2D eigenvalue weighted by Gasteiger charge is 2.29. The van der Waals surface area contributed by atoms with Gasteiger partial charge in [-0.15, -0.1) is 0 Å². The molecule has 1 amide bonds. The summed E-state index contributed by atoms with van der Waals surface area (Å²) in [7, 11) is 0. The lowest BCUT2D eigenvalue weighted by Gasteiger charge is -2.32. The molecular weight excluding hydrogens is 280 g/mol. The van der Waals surface area contributed by atoms with Gasteiger partial charge in [0.25, 0.3) is 0 Å². The fraction of sp³-hybridized carbons (Fsp3) is 0.750. The molecule has 120 valence electrons. The van der Waals surface area contributed by atoms with E-state index < -0.39 is 0 Å². The number of aromatic amines is 1. The molecule has 0 bridgehead atoms. The fourth-order valence-electron chi connectivity index (χ4n) is 3.40. The number of rotatable bonds is 4. The highest BCUT2D eigenvalue weighted by atomic mass is 16.5. The first-order chi connectivity index (χ1) is 10.8. The predicted molar refractivity (Wildman–Crippen MR) is 82.9 cm³/mol. The topological polar surface area (TPSA) is 70.2 Å². The molecule has 1 aromatic rings. The number of hydrogen-bond acceptors (Lipinski definition) is 4. The Kier molecular flexibility index (Phi) is 3.78. The summed E-state index contributed by atoms with van der Waals surface area (Å²) in [5.74, 6) is 2.01. The van der Waals surface area contributed by atoms with Crippen LogP contribution in [0.5, 0.6) is 0 Å². The minimum absolute atomic E-state index is 0.0606. The number of carbonyl (C=O) groups excluding carboxylic acids is 1. The van der Waals surface area contributed by atoms with E-state index >= 15 is 0 Å². The average molecular weight is 304 g/mol. The Balaban J connectivity index is 1.27. The molecule has 1 atom stereocenters. The third-order valence-electron chi connectivity index (χ3n) is 5.07. The molecule has 1 unspecified atom stereocenters. The van der Waals surface area contributed by atoms with Gasteiger partial charge in [0.05, 0.1) is 12.5 Å². The summed E-state index contributed by atoms with van der Waals surface area (Å²) in [5.41, 5.74) is 1.28. The Morgan fingerprint density at radius 3 is 2.77 bits per heavy atom. The Morgan fingerprint density at radius 1 is 1.27 bits per heavy atom. The lowest BCUT2D eigenvalue weighted by Crippen LogP contribution is -2.46. The largest absolute Gasteiger partial charge is 0.381 e. The molecular formula is C16H24N4O2. The Labute approximate surface area is 130 Å². The minimum atomic E-state index is 0.0606. The van der Waals surface area contributed by atoms with Crippen LogP contribution in [0.15, 0.2) is 6.07 Å². The van der Waals surface area contributed by atoms with Gasteiger partial charge in [0, 0.05) is 43.4 Å². The van der Waals surface area contributed by atoms with E-state index in [0.29, 0.717) is 18.6 Å². The van der Waals surface area contributed by atoms with Gasteiger partial charge >= 0.3 is 0 Å². The Bertz CT molecular complexity index is 526. The van der Waals surface area contributed by atoms with Gasteiger partial charge in [-0.2, -0.15) is 5.10 Å². The summed E-state index contributed by atoms with van der Waals surface area (Å²) in [5, 5.41) is 10.8. The van der Waals surface area contributed by atoms with E-state index in [1.54, 1.807) is 0 Å². The Hall–Kier alpha value is -1.56. The Morgan fingerprint density at radius 2 is 2.09 bits per heavy atom. The first-order valence-corrected chi connectivity index (χ1v) is 8.48. The molecule has 6 nitrogen and oxygen atoms in total. The van der Waals surface area contributed by atoms with Crippen LogP contribution in [-0.4, -0.2) is 48.4 Å². The van der Waals surface area contributed by atoms with Gasteiger partial charge in [-0.05, 0) is 32.1 Å². The van der Waals surface area contributed by atoms with Crippen molar-refractivity contribution < 1.29 is 9.53 Å². The summed E-state index contributed by atoms with van der Waals surface area (Å²) in [6.45, 7) is 3.23. The molecule has 1 saturated carbocycles. The van der Waals surface area contributed by atoms with Crippen LogP contribution in [0.2, 0.25) is 0 Å². The van der Waals surface area contributed by atoms with Crippen molar-refractivity contribution in [1.82, 2.24) is 15.5 Å². The van der Waals surface area contributed by atoms with Gasteiger partial charge in [0.1, 0.15) is 0 Å². The van der Waals surface area contributed by atoms with E-state index in [4.69, 9.17) is 4.74 Å². The molecule has 2 N–H and O–H groups in total. The number of nitrogens with one attached hydrogen (secondary N) is 2. The van der Waals surface area contributed by atoms with Gasteiger partial charge in [-0.1, -0.05) is 0 Å². The number of ether oxygens (including phenoxy) is 1. The number of nitrogens with zero attached hydrogens (tertiary/aromatic N) is 2. The molecule has 3 heterocycles. The smallest absolute Gasteiger partial charge is 0.225 e. The highest BCUT2D eigenvalue weighted by molar-refractivity contribution is 5.79. The van der Waals surface area contributed by atoms with Gasteiger partial charge < -0.3 is 15.0 Å². The zero-order valence-corrected chi connectivity index (χ0v) is 12.9. The van der Waals surface area contributed by atoms with Crippen LogP contribution >= 0.6 is 0 Å². The number of anilines is 1. The average Bonchev–Trinajstić information content (AvgIpc) is 3.05. The van der Waals surface area contributed by atoms with Gasteiger partial charge in [-0.25, -0.2) is 0 Å². The van der Waals surface area contributed by atoms with Gasteiger partial charge in [0.2, 0.25) is 5.91 Å². The lowest BCUT2D eigenvalue weighted by molar-refractivity contribution is -0.125. The predicted octanol–water partition coefficient (Wildman–Crippen LogP) is 1.41. The number of hydrogen-bond donors (Lipinski definition) is 2. The number of carbonyl (C=O) groups is 1. The molecule has 2 saturated heterocycles. The van der Waals surface area contributed by atoms with Crippen molar-refractivity contribution >= 4 is 11.7 Å². The van der Waals surface area contributed by atoms with E-state index in [1.807, 2.05) is 0 Å². The molecule has 6 heteroatoms. The van der Waals surface area contributed by atoms with Crippen molar-refractivity contribution in [3.8, 4) is 0 Å². The third-order valence-corrected chi connectivity index (χ3v) is 5.07. The monoisotopic (exact) mass is 304 g/mol. The third kappa shape index (κ3) is 2.97. The second-order valence-corrected chi connectivity index (χ2v) is 6.79. The molecule has 0 radical (unpaired) electrons. The van der Waals surface area contributed by atoms with E-state index in [9.17, 15) is 4.79 Å². The molecule has 0 spiro atoms. The molecule has 1 aliphatic carbocycles. The number of amides is 1. The fourth-order valence-corrected chi connectivity index (χ4v) is 3.40. The summed E-state index contributed by atoms with van der Waals surface area (Å²) in [6.07, 6.45) is 5.43. The first-order valence-electron chi connectivity index (χ1n) is 8.48. The standard InChI is InChI=1S/C16H24N4O2/c21-16(12-5-8-22-10-12)17-13-3-6-20(7-4-13)15-9-14(18-19-15)11-1-2-11/h9,11-13H,1-8,10H2,(H,17,21)(H,18,19). The molecule has 22 heavy (non-hydrogen) atoms. The second-order valence-electron chi connectivity index (χ2n) is 6.79. The van der Waals surface area contributed by atoms with Crippen LogP contribution in [0, 0.1) is 5.92 Å². The number of piperidine rings is 1. The molecule has 3 fully saturated rings. The van der Waals surface area contributed by atoms with Crippen LogP contribution in [0.3, 0.4) is 0 Å². The van der Waals surface area contributed by atoms with Crippen molar-refractivity contribution in [1.29, 1.82) is 0 Å². The van der Waals surface area contributed by atoms with E-state index in [-0.39, 0.29) is 11.8 Å². The molecule has 2 aliphatic heterocycles. The van der Waals surface area contributed by atoms with E-state index in [2.05, 4.69) is 26.5 Å². The first kappa shape index (κ1) is 14.1. The normalized spacial score (nSPS) is 26.4. The maximum Gasteiger partial charge on any atom is 0.225 e. The quantitative estimate of drug-likeness (QED) is 0.882. The molecule has 3 aliphatic rings. The zero-order chi connectivity index (χ0) is 14.9. The van der Waals surface area contributed by atoms with Gasteiger partial charge in [-0.3, -0.25) is 9.89 Å². The van der Waals surface area contributed by atoms with E-state index in [0.717, 1.165) is 44.8 Å². The summed E-state index contributed by atoms with van der Waals surface area (Å²) in [4.78, 5) is 14.5. The van der Waals surface area contributed by atoms with Crippen molar-refractivity contribution in [2.75, 3.05) is 31.2 Å². The van der Waals surface area contributed by atoms with Crippen molar-refractivity contribution in [3.05, 3.63) is 11.8 Å². The summed E-state index contributed by atoms with van der Waals surface area (Å²) < 4.78 is 5.29. The maximum atomic E-state index is 12.1. The SMILES string of the molecule is O=C(NC1CCN(c2cc(C3CC3)[nH]n2)CC1)C1CCOC1. The zero-order valence-electron chi connectivity index (χ0n) is 12.9. The van der Waals surface area contributed by atoms with E-state index in [1.165, 1.54) is 18.5 Å². The maximum absolute atomic E-state index is 12.1. The molecule has 0 aromatic carbocycles.